The second-order valence-electron chi connectivity index (χ2n) is 4.77. The van der Waals surface area contributed by atoms with E-state index in [1.54, 1.807) is 4.90 Å². The highest BCUT2D eigenvalue weighted by Crippen LogP contribution is 2.39. The molecule has 1 amide bonds. The summed E-state index contributed by atoms with van der Waals surface area (Å²) < 4.78 is 0. The molecular weight excluding hydrogens is 224 g/mol. The van der Waals surface area contributed by atoms with Gasteiger partial charge in [-0.15, -0.1) is 0 Å². The fraction of sp³-hybridized carbons (Fsp3) is 0.400. The van der Waals surface area contributed by atoms with Gasteiger partial charge in [0.2, 0.25) is 0 Å². The van der Waals surface area contributed by atoms with Gasteiger partial charge in [0.05, 0.1) is 5.54 Å². The molecule has 18 heavy (non-hydrogen) atoms. The first-order chi connectivity index (χ1) is 8.61. The van der Waals surface area contributed by atoms with E-state index in [0.29, 0.717) is 6.54 Å². The molecule has 0 spiro atoms. The Balaban J connectivity index is 2.51. The zero-order valence-corrected chi connectivity index (χ0v) is 11.1. The molecule has 2 rings (SSSR count). The largest absolute Gasteiger partial charge is 0.328 e. The summed E-state index contributed by atoms with van der Waals surface area (Å²) in [4.78, 5) is 14.3. The van der Waals surface area contributed by atoms with Crippen LogP contribution in [0.1, 0.15) is 42.6 Å². The fourth-order valence-corrected chi connectivity index (χ4v) is 2.73. The third kappa shape index (κ3) is 1.58. The first-order valence-electron chi connectivity index (χ1n) is 6.44. The van der Waals surface area contributed by atoms with E-state index in [9.17, 15) is 4.79 Å². The molecule has 0 unspecified atom stereocenters. The maximum atomic E-state index is 12.5. The molecule has 0 radical (unpaired) electrons. The minimum Gasteiger partial charge on any atom is -0.328 e. The highest BCUT2D eigenvalue weighted by Gasteiger charge is 2.42. The molecule has 3 heteroatoms. The van der Waals surface area contributed by atoms with Crippen molar-refractivity contribution in [1.29, 1.82) is 0 Å². The summed E-state index contributed by atoms with van der Waals surface area (Å²) in [6.45, 7) is 8.68. The quantitative estimate of drug-likeness (QED) is 0.885. The van der Waals surface area contributed by atoms with Crippen LogP contribution in [-0.2, 0) is 0 Å². The van der Waals surface area contributed by atoms with Gasteiger partial charge in [-0.25, -0.2) is 0 Å². The van der Waals surface area contributed by atoms with Gasteiger partial charge in [-0.1, -0.05) is 38.6 Å². The van der Waals surface area contributed by atoms with Crippen LogP contribution in [0.3, 0.4) is 0 Å². The number of fused-ring (bicyclic) bond motifs is 1. The molecule has 0 atom stereocenters. The molecule has 3 nitrogen and oxygen atoms in total. The van der Waals surface area contributed by atoms with Crippen molar-refractivity contribution in [2.24, 2.45) is 5.73 Å². The Morgan fingerprint density at radius 1 is 1.22 bits per heavy atom. The van der Waals surface area contributed by atoms with E-state index in [1.165, 1.54) is 0 Å². The lowest BCUT2D eigenvalue weighted by molar-refractivity contribution is 0.0673. The zero-order valence-electron chi connectivity index (χ0n) is 11.1. The third-order valence-corrected chi connectivity index (χ3v) is 4.11. The Kier molecular flexibility index (Phi) is 3.26. The van der Waals surface area contributed by atoms with Crippen LogP contribution >= 0.6 is 0 Å². The molecule has 1 heterocycles. The van der Waals surface area contributed by atoms with Crippen molar-refractivity contribution in [2.75, 3.05) is 6.54 Å². The Labute approximate surface area is 108 Å². The molecule has 96 valence electrons. The predicted molar refractivity (Wildman–Crippen MR) is 74.0 cm³/mol. The lowest BCUT2D eigenvalue weighted by Crippen LogP contribution is -2.52. The van der Waals surface area contributed by atoms with Crippen LogP contribution in [-0.4, -0.2) is 22.9 Å². The van der Waals surface area contributed by atoms with Gasteiger partial charge < -0.3 is 10.6 Å². The monoisotopic (exact) mass is 244 g/mol. The zero-order chi connectivity index (χ0) is 13.3. The van der Waals surface area contributed by atoms with Gasteiger partial charge in [0.1, 0.15) is 0 Å². The third-order valence-electron chi connectivity index (χ3n) is 4.11. The molecule has 1 aromatic carbocycles. The standard InChI is InChI=1S/C15H20N2O/c1-4-15(5-2,10-16)17-11(3)12-8-6-7-9-13(12)14(17)18/h6-9H,3-5,10,16H2,1-2H3. The second-order valence-corrected chi connectivity index (χ2v) is 4.77. The van der Waals surface area contributed by atoms with Crippen LogP contribution in [0.25, 0.3) is 5.70 Å². The summed E-state index contributed by atoms with van der Waals surface area (Å²) in [5.74, 6) is 0.0322. The molecule has 0 fully saturated rings. The number of nitrogens with zero attached hydrogens (tertiary/aromatic N) is 1. The lowest BCUT2D eigenvalue weighted by Gasteiger charge is -2.40. The van der Waals surface area contributed by atoms with Gasteiger partial charge in [0.15, 0.2) is 0 Å². The second kappa shape index (κ2) is 4.58. The van der Waals surface area contributed by atoms with Crippen molar-refractivity contribution >= 4 is 11.6 Å². The van der Waals surface area contributed by atoms with Crippen LogP contribution < -0.4 is 5.73 Å². The minimum absolute atomic E-state index is 0.0322. The molecule has 0 aliphatic carbocycles. The van der Waals surface area contributed by atoms with Crippen molar-refractivity contribution in [2.45, 2.75) is 32.2 Å². The number of rotatable bonds is 4. The van der Waals surface area contributed by atoms with Crippen molar-refractivity contribution < 1.29 is 4.79 Å². The van der Waals surface area contributed by atoms with E-state index in [2.05, 4.69) is 20.4 Å². The van der Waals surface area contributed by atoms with Crippen LogP contribution in [0.4, 0.5) is 0 Å². The SMILES string of the molecule is C=C1c2ccccc2C(=O)N1C(CC)(CC)CN. The Morgan fingerprint density at radius 2 is 1.78 bits per heavy atom. The topological polar surface area (TPSA) is 46.3 Å². The van der Waals surface area contributed by atoms with E-state index < -0.39 is 0 Å². The van der Waals surface area contributed by atoms with Crippen molar-refractivity contribution in [3.05, 3.63) is 42.0 Å². The molecule has 2 N–H and O–H groups in total. The summed E-state index contributed by atoms with van der Waals surface area (Å²) in [5, 5.41) is 0. The van der Waals surface area contributed by atoms with Gasteiger partial charge in [0, 0.05) is 23.4 Å². The first-order valence-corrected chi connectivity index (χ1v) is 6.44. The summed E-state index contributed by atoms with van der Waals surface area (Å²) in [5.41, 5.74) is 8.07. The molecule has 0 saturated heterocycles. The highest BCUT2D eigenvalue weighted by atomic mass is 16.2. The van der Waals surface area contributed by atoms with Gasteiger partial charge in [-0.3, -0.25) is 4.79 Å². The Morgan fingerprint density at radius 3 is 2.22 bits per heavy atom. The molecule has 1 aromatic rings. The minimum atomic E-state index is -0.312. The normalized spacial score (nSPS) is 15.2. The van der Waals surface area contributed by atoms with Gasteiger partial charge in [0.25, 0.3) is 5.91 Å². The summed E-state index contributed by atoms with van der Waals surface area (Å²) in [7, 11) is 0. The number of carbonyl (C=O) groups is 1. The van der Waals surface area contributed by atoms with Crippen molar-refractivity contribution in [1.82, 2.24) is 4.90 Å². The van der Waals surface area contributed by atoms with E-state index in [1.807, 2.05) is 24.3 Å². The molecule has 0 aromatic heterocycles. The molecule has 1 aliphatic rings. The van der Waals surface area contributed by atoms with E-state index in [0.717, 1.165) is 29.7 Å². The average molecular weight is 244 g/mol. The number of hydrogen-bond acceptors (Lipinski definition) is 2. The number of hydrogen-bond donors (Lipinski definition) is 1. The molecule has 0 bridgehead atoms. The van der Waals surface area contributed by atoms with Crippen molar-refractivity contribution in [3.63, 3.8) is 0 Å². The fourth-order valence-electron chi connectivity index (χ4n) is 2.73. The summed E-state index contributed by atoms with van der Waals surface area (Å²) in [6.07, 6.45) is 1.66. The predicted octanol–water partition coefficient (Wildman–Crippen LogP) is 2.63. The number of nitrogens with two attached hydrogens (primary N) is 1. The van der Waals surface area contributed by atoms with Crippen molar-refractivity contribution in [3.8, 4) is 0 Å². The Hall–Kier alpha value is -1.61. The van der Waals surface area contributed by atoms with Crippen LogP contribution in [0, 0.1) is 0 Å². The van der Waals surface area contributed by atoms with Crippen LogP contribution in [0.2, 0.25) is 0 Å². The summed E-state index contributed by atoms with van der Waals surface area (Å²) >= 11 is 0. The first kappa shape index (κ1) is 12.8. The number of carbonyl (C=O) groups excluding carboxylic acids is 1. The Bertz CT molecular complexity index is 446. The molecular formula is C15H20N2O. The summed E-state index contributed by atoms with van der Waals surface area (Å²) in [6, 6.07) is 7.62. The average Bonchev–Trinajstić information content (AvgIpc) is 2.67. The van der Waals surface area contributed by atoms with Gasteiger partial charge >= 0.3 is 0 Å². The van der Waals surface area contributed by atoms with E-state index in [4.69, 9.17) is 5.73 Å². The number of benzene rings is 1. The lowest BCUT2D eigenvalue weighted by atomic mass is 9.90. The van der Waals surface area contributed by atoms with E-state index >= 15 is 0 Å². The smallest absolute Gasteiger partial charge is 0.259 e. The maximum absolute atomic E-state index is 12.5. The molecule has 0 saturated carbocycles. The molecule has 1 aliphatic heterocycles. The van der Waals surface area contributed by atoms with Crippen LogP contribution in [0.5, 0.6) is 0 Å². The van der Waals surface area contributed by atoms with Gasteiger partial charge in [-0.05, 0) is 18.9 Å². The van der Waals surface area contributed by atoms with E-state index in [-0.39, 0.29) is 11.4 Å². The maximum Gasteiger partial charge on any atom is 0.259 e. The highest BCUT2D eigenvalue weighted by molar-refractivity contribution is 6.09. The number of amides is 1. The van der Waals surface area contributed by atoms with Crippen LogP contribution in [0.15, 0.2) is 30.8 Å². The van der Waals surface area contributed by atoms with Gasteiger partial charge in [-0.2, -0.15) is 0 Å².